The molecule has 2 rings (SSSR count). The van der Waals surface area contributed by atoms with E-state index >= 15 is 0 Å². The SMILES string of the molecule is O=C(Cn1cc(Br)c([N+](=O)[O-])n1)N1CCCC1. The van der Waals surface area contributed by atoms with Crippen LogP contribution in [0.5, 0.6) is 0 Å². The maximum Gasteiger partial charge on any atom is 0.404 e. The Hall–Kier alpha value is -1.44. The van der Waals surface area contributed by atoms with Crippen LogP contribution in [0, 0.1) is 10.1 Å². The molecule has 1 aromatic rings. The van der Waals surface area contributed by atoms with Gasteiger partial charge in [0.15, 0.2) is 0 Å². The lowest BCUT2D eigenvalue weighted by molar-refractivity contribution is -0.390. The number of halogens is 1. The maximum atomic E-state index is 11.8. The minimum absolute atomic E-state index is 0.0481. The van der Waals surface area contributed by atoms with Crippen molar-refractivity contribution in [1.82, 2.24) is 14.7 Å². The molecule has 0 bridgehead atoms. The van der Waals surface area contributed by atoms with Gasteiger partial charge in [0.2, 0.25) is 5.91 Å². The molecule has 92 valence electrons. The van der Waals surface area contributed by atoms with Crippen LogP contribution in [-0.2, 0) is 11.3 Å². The van der Waals surface area contributed by atoms with Crippen molar-refractivity contribution in [3.8, 4) is 0 Å². The van der Waals surface area contributed by atoms with E-state index in [4.69, 9.17) is 0 Å². The number of carbonyl (C=O) groups excluding carboxylic acids is 1. The van der Waals surface area contributed by atoms with Gasteiger partial charge in [-0.3, -0.25) is 4.79 Å². The predicted octanol–water partition coefficient (Wildman–Crippen LogP) is 1.18. The molecule has 8 heteroatoms. The molecule has 0 aromatic carbocycles. The molecule has 7 nitrogen and oxygen atoms in total. The monoisotopic (exact) mass is 302 g/mol. The number of nitrogens with zero attached hydrogens (tertiary/aromatic N) is 4. The highest BCUT2D eigenvalue weighted by molar-refractivity contribution is 9.10. The van der Waals surface area contributed by atoms with Crippen molar-refractivity contribution in [2.24, 2.45) is 0 Å². The van der Waals surface area contributed by atoms with E-state index in [-0.39, 0.29) is 22.7 Å². The van der Waals surface area contributed by atoms with Gasteiger partial charge in [0.05, 0.1) is 11.3 Å². The Balaban J connectivity index is 2.05. The lowest BCUT2D eigenvalue weighted by Crippen LogP contribution is -2.31. The maximum absolute atomic E-state index is 11.8. The number of aromatic nitrogens is 2. The first-order chi connectivity index (χ1) is 8.08. The molecule has 0 unspecified atom stereocenters. The number of hydrogen-bond donors (Lipinski definition) is 0. The number of rotatable bonds is 3. The Labute approximate surface area is 106 Å². The lowest BCUT2D eigenvalue weighted by atomic mass is 10.4. The van der Waals surface area contributed by atoms with Gasteiger partial charge in [0.1, 0.15) is 11.0 Å². The molecule has 0 atom stereocenters. The molecular weight excluding hydrogens is 292 g/mol. The highest BCUT2D eigenvalue weighted by atomic mass is 79.9. The van der Waals surface area contributed by atoms with E-state index < -0.39 is 4.92 Å². The Morgan fingerprint density at radius 2 is 2.18 bits per heavy atom. The predicted molar refractivity (Wildman–Crippen MR) is 62.4 cm³/mol. The number of likely N-dealkylation sites (tertiary alicyclic amines) is 1. The topological polar surface area (TPSA) is 81.3 Å². The van der Waals surface area contributed by atoms with E-state index in [0.29, 0.717) is 0 Å². The highest BCUT2D eigenvalue weighted by Gasteiger charge is 2.23. The Morgan fingerprint density at radius 1 is 1.53 bits per heavy atom. The Morgan fingerprint density at radius 3 is 2.71 bits per heavy atom. The van der Waals surface area contributed by atoms with Gasteiger partial charge >= 0.3 is 5.82 Å². The van der Waals surface area contributed by atoms with Crippen LogP contribution in [0.3, 0.4) is 0 Å². The summed E-state index contributed by atoms with van der Waals surface area (Å²) in [4.78, 5) is 23.5. The molecule has 1 saturated heterocycles. The van der Waals surface area contributed by atoms with Crippen LogP contribution in [0.15, 0.2) is 10.7 Å². The van der Waals surface area contributed by atoms with Gasteiger partial charge in [0, 0.05) is 13.1 Å². The van der Waals surface area contributed by atoms with E-state index in [2.05, 4.69) is 21.0 Å². The first-order valence-corrected chi connectivity index (χ1v) is 6.02. The third kappa shape index (κ3) is 2.63. The first kappa shape index (κ1) is 12.0. The fraction of sp³-hybridized carbons (Fsp3) is 0.556. The molecule has 0 radical (unpaired) electrons. The first-order valence-electron chi connectivity index (χ1n) is 5.23. The second-order valence-electron chi connectivity index (χ2n) is 3.84. The van der Waals surface area contributed by atoms with Crippen molar-refractivity contribution in [3.63, 3.8) is 0 Å². The van der Waals surface area contributed by atoms with E-state index in [0.717, 1.165) is 25.9 Å². The van der Waals surface area contributed by atoms with Crippen LogP contribution in [-0.4, -0.2) is 38.6 Å². The summed E-state index contributed by atoms with van der Waals surface area (Å²) in [5.74, 6) is -0.313. The van der Waals surface area contributed by atoms with Gasteiger partial charge < -0.3 is 15.0 Å². The summed E-state index contributed by atoms with van der Waals surface area (Å²) in [6, 6.07) is 0. The minimum Gasteiger partial charge on any atom is -0.358 e. The zero-order valence-electron chi connectivity index (χ0n) is 9.00. The summed E-state index contributed by atoms with van der Waals surface area (Å²) in [5, 5.41) is 14.3. The normalized spacial score (nSPS) is 15.2. The number of carbonyl (C=O) groups is 1. The summed E-state index contributed by atoms with van der Waals surface area (Å²) in [7, 11) is 0. The molecule has 1 aliphatic rings. The quantitative estimate of drug-likeness (QED) is 0.620. The zero-order valence-corrected chi connectivity index (χ0v) is 10.6. The van der Waals surface area contributed by atoms with E-state index in [1.807, 2.05) is 0 Å². The van der Waals surface area contributed by atoms with E-state index in [9.17, 15) is 14.9 Å². The van der Waals surface area contributed by atoms with Gasteiger partial charge in [-0.15, -0.1) is 0 Å². The van der Waals surface area contributed by atoms with Crippen molar-refractivity contribution in [3.05, 3.63) is 20.8 Å². The van der Waals surface area contributed by atoms with E-state index in [1.165, 1.54) is 10.9 Å². The van der Waals surface area contributed by atoms with Crippen LogP contribution in [0.2, 0.25) is 0 Å². The van der Waals surface area contributed by atoms with Gasteiger partial charge in [0.25, 0.3) is 0 Å². The van der Waals surface area contributed by atoms with Crippen molar-refractivity contribution in [1.29, 1.82) is 0 Å². The van der Waals surface area contributed by atoms with Gasteiger partial charge in [-0.05, 0) is 33.7 Å². The molecule has 2 heterocycles. The van der Waals surface area contributed by atoms with Crippen molar-refractivity contribution >= 4 is 27.7 Å². The van der Waals surface area contributed by atoms with Crippen LogP contribution in [0.4, 0.5) is 5.82 Å². The summed E-state index contributed by atoms with van der Waals surface area (Å²) in [6.45, 7) is 1.58. The third-order valence-electron chi connectivity index (χ3n) is 2.63. The number of nitro groups is 1. The second-order valence-corrected chi connectivity index (χ2v) is 4.70. The fourth-order valence-corrected chi connectivity index (χ4v) is 2.26. The van der Waals surface area contributed by atoms with Crippen LogP contribution < -0.4 is 0 Å². The van der Waals surface area contributed by atoms with Crippen LogP contribution >= 0.6 is 15.9 Å². The summed E-state index contributed by atoms with van der Waals surface area (Å²) in [6.07, 6.45) is 3.50. The molecule has 17 heavy (non-hydrogen) atoms. The van der Waals surface area contributed by atoms with Crippen LogP contribution in [0.25, 0.3) is 0 Å². The highest BCUT2D eigenvalue weighted by Crippen LogP contribution is 2.22. The second kappa shape index (κ2) is 4.82. The van der Waals surface area contributed by atoms with Crippen molar-refractivity contribution in [2.45, 2.75) is 19.4 Å². The van der Waals surface area contributed by atoms with Crippen molar-refractivity contribution < 1.29 is 9.72 Å². The Bertz CT molecular complexity index is 453. The van der Waals surface area contributed by atoms with Gasteiger partial charge in [-0.25, -0.2) is 0 Å². The number of amides is 1. The third-order valence-corrected chi connectivity index (χ3v) is 3.19. The lowest BCUT2D eigenvalue weighted by Gasteiger charge is -2.13. The molecule has 1 aliphatic heterocycles. The fourth-order valence-electron chi connectivity index (χ4n) is 1.80. The molecule has 0 saturated carbocycles. The standard InChI is InChI=1S/C9H11BrN4O3/c10-7-5-13(11-9(7)14(16)17)6-8(15)12-3-1-2-4-12/h5H,1-4,6H2. The number of hydrogen-bond acceptors (Lipinski definition) is 4. The zero-order chi connectivity index (χ0) is 12.4. The molecule has 1 fully saturated rings. The molecule has 0 N–H and O–H groups in total. The van der Waals surface area contributed by atoms with Crippen molar-refractivity contribution in [2.75, 3.05) is 13.1 Å². The van der Waals surface area contributed by atoms with Crippen LogP contribution in [0.1, 0.15) is 12.8 Å². The summed E-state index contributed by atoms with van der Waals surface area (Å²) >= 11 is 3.04. The molecule has 0 aliphatic carbocycles. The largest absolute Gasteiger partial charge is 0.404 e. The smallest absolute Gasteiger partial charge is 0.358 e. The molecule has 1 amide bonds. The average molecular weight is 303 g/mol. The molecule has 0 spiro atoms. The molecule has 1 aromatic heterocycles. The van der Waals surface area contributed by atoms with Gasteiger partial charge in [-0.2, -0.15) is 4.68 Å². The average Bonchev–Trinajstić information content (AvgIpc) is 2.86. The summed E-state index contributed by atoms with van der Waals surface area (Å²) < 4.78 is 1.58. The van der Waals surface area contributed by atoms with Gasteiger partial charge in [-0.1, -0.05) is 0 Å². The summed E-state index contributed by atoms with van der Waals surface area (Å²) in [5.41, 5.74) is 0. The van der Waals surface area contributed by atoms with E-state index in [1.54, 1.807) is 4.90 Å². The molecular formula is C9H11BrN4O3. The minimum atomic E-state index is -0.582. The Kier molecular flexibility index (Phi) is 3.41.